The largest absolute Gasteiger partial charge is 0.494 e. The van der Waals surface area contributed by atoms with Crippen LogP contribution in [0.4, 0.5) is 0 Å². The van der Waals surface area contributed by atoms with Crippen LogP contribution >= 0.6 is 0 Å². The van der Waals surface area contributed by atoms with Crippen molar-refractivity contribution in [3.05, 3.63) is 30.3 Å². The molecule has 1 aromatic carbocycles. The van der Waals surface area contributed by atoms with Gasteiger partial charge in [-0.05, 0) is 80.4 Å². The van der Waals surface area contributed by atoms with Crippen LogP contribution < -0.4 is 41.4 Å². The number of nitrogens with one attached hydrogen (secondary N) is 6. The van der Waals surface area contributed by atoms with Crippen LogP contribution in [0.15, 0.2) is 30.3 Å². The fourth-order valence-corrected chi connectivity index (χ4v) is 7.39. The molecule has 20 heteroatoms. The molecule has 0 saturated carbocycles. The van der Waals surface area contributed by atoms with E-state index in [2.05, 4.69) is 36.9 Å². The van der Waals surface area contributed by atoms with Crippen molar-refractivity contribution in [1.29, 1.82) is 0 Å². The molecule has 1 aromatic heterocycles. The Labute approximate surface area is 419 Å². The third kappa shape index (κ3) is 21.1. The van der Waals surface area contributed by atoms with E-state index in [9.17, 15) is 43.5 Å². The molecule has 6 amide bonds. The topological polar surface area (TPSA) is 279 Å². The molecule has 7 N–H and O–H groups in total. The molecule has 0 aliphatic rings. The first-order chi connectivity index (χ1) is 33.4. The molecule has 0 saturated heterocycles. The molecule has 0 unspecified atom stereocenters. The number of fused-ring (bicyclic) bond motifs is 1. The van der Waals surface area contributed by atoms with Gasteiger partial charge in [0, 0.05) is 30.4 Å². The summed E-state index contributed by atoms with van der Waals surface area (Å²) in [6.45, 7) is 20.0. The van der Waals surface area contributed by atoms with Gasteiger partial charge in [-0.1, -0.05) is 75.7 Å². The number of benzene rings is 1. The predicted octanol–water partition coefficient (Wildman–Crippen LogP) is 3.64. The summed E-state index contributed by atoms with van der Waals surface area (Å²) in [7, 11) is 2.45. The summed E-state index contributed by atoms with van der Waals surface area (Å²) in [5, 5.41) is 27.4. The van der Waals surface area contributed by atoms with Crippen molar-refractivity contribution in [3.63, 3.8) is 0 Å². The van der Waals surface area contributed by atoms with Crippen molar-refractivity contribution in [2.45, 2.75) is 163 Å². The lowest BCUT2D eigenvalue weighted by Crippen LogP contribution is -2.60. The van der Waals surface area contributed by atoms with Crippen molar-refractivity contribution < 1.29 is 62.4 Å². The third-order valence-electron chi connectivity index (χ3n) is 11.7. The highest BCUT2D eigenvalue weighted by atomic mass is 16.5. The van der Waals surface area contributed by atoms with Crippen molar-refractivity contribution in [2.24, 2.45) is 29.6 Å². The van der Waals surface area contributed by atoms with Crippen molar-refractivity contribution >= 4 is 58.3 Å². The molecule has 0 spiro atoms. The van der Waals surface area contributed by atoms with E-state index < -0.39 is 83.8 Å². The Morgan fingerprint density at radius 2 is 1.06 bits per heavy atom. The SMILES string of the molecule is CC[C@H](C)[C@H](NC(=O)CCCOc1ccc2ccc(OCCCC(=O)N[C@H](C(=O)N[C@@H](CC(C)C)C(=O)N[C@H](C(=O)OC)C(C)C)C(C)C)nc2c1)C(=O)N[C@H](C(=O)N[C@@H](CC(C)C)C(=O)OC)[C@@H](C)O. The van der Waals surface area contributed by atoms with Crippen LogP contribution in [0.3, 0.4) is 0 Å². The number of aromatic nitrogens is 1. The van der Waals surface area contributed by atoms with Crippen LogP contribution in [-0.2, 0) is 47.8 Å². The number of carbonyl (C=O) groups excluding carboxylic acids is 8. The average Bonchev–Trinajstić information content (AvgIpc) is 3.31. The molecule has 71 heavy (non-hydrogen) atoms. The van der Waals surface area contributed by atoms with Gasteiger partial charge >= 0.3 is 11.9 Å². The molecule has 1 heterocycles. The number of nitrogens with zero attached hydrogens (tertiary/aromatic N) is 1. The molecule has 8 atom stereocenters. The quantitative estimate of drug-likeness (QED) is 0.0420. The Morgan fingerprint density at radius 1 is 0.563 bits per heavy atom. The number of aliphatic hydroxyl groups is 1. The highest BCUT2D eigenvalue weighted by Gasteiger charge is 2.35. The second-order valence-corrected chi connectivity index (χ2v) is 19.5. The summed E-state index contributed by atoms with van der Waals surface area (Å²) < 4.78 is 21.5. The lowest BCUT2D eigenvalue weighted by Gasteiger charge is -2.28. The van der Waals surface area contributed by atoms with Gasteiger partial charge in [-0.3, -0.25) is 28.8 Å². The number of ether oxygens (including phenoxy) is 4. The average molecular weight is 1000 g/mol. The van der Waals surface area contributed by atoms with Gasteiger partial charge in [0.15, 0.2) is 0 Å². The van der Waals surface area contributed by atoms with E-state index >= 15 is 0 Å². The van der Waals surface area contributed by atoms with Gasteiger partial charge in [-0.25, -0.2) is 14.6 Å². The highest BCUT2D eigenvalue weighted by Crippen LogP contribution is 2.23. The molecule has 0 fully saturated rings. The normalized spacial score (nSPS) is 14.8. The first-order valence-electron chi connectivity index (χ1n) is 24.7. The Kier molecular flexibility index (Phi) is 26.4. The van der Waals surface area contributed by atoms with Gasteiger partial charge in [0.25, 0.3) is 0 Å². The number of amides is 6. The van der Waals surface area contributed by atoms with Crippen molar-refractivity contribution in [2.75, 3.05) is 27.4 Å². The molecular formula is C51H81N7O13. The first-order valence-corrected chi connectivity index (χ1v) is 24.7. The molecule has 2 rings (SSSR count). The number of rotatable bonds is 31. The Hall–Kier alpha value is -6.05. The smallest absolute Gasteiger partial charge is 0.328 e. The Morgan fingerprint density at radius 3 is 1.59 bits per heavy atom. The Balaban J connectivity index is 1.95. The second-order valence-electron chi connectivity index (χ2n) is 19.5. The van der Waals surface area contributed by atoms with Gasteiger partial charge in [0.05, 0.1) is 39.1 Å². The Bertz CT molecular complexity index is 2080. The molecule has 20 nitrogen and oxygen atoms in total. The van der Waals surface area contributed by atoms with E-state index in [1.54, 1.807) is 52.8 Å². The first kappa shape index (κ1) is 61.1. The fourth-order valence-electron chi connectivity index (χ4n) is 7.39. The summed E-state index contributed by atoms with van der Waals surface area (Å²) >= 11 is 0. The summed E-state index contributed by atoms with van der Waals surface area (Å²) in [6.07, 6.45) is 0.511. The van der Waals surface area contributed by atoms with Crippen LogP contribution in [0.2, 0.25) is 0 Å². The monoisotopic (exact) mass is 1000 g/mol. The summed E-state index contributed by atoms with van der Waals surface area (Å²) in [5.41, 5.74) is 0.586. The van der Waals surface area contributed by atoms with Crippen molar-refractivity contribution in [3.8, 4) is 11.6 Å². The van der Waals surface area contributed by atoms with Crippen molar-refractivity contribution in [1.82, 2.24) is 36.9 Å². The zero-order valence-electron chi connectivity index (χ0n) is 44.0. The molecule has 0 aliphatic heterocycles. The van der Waals surface area contributed by atoms with Crippen LogP contribution in [-0.4, -0.2) is 127 Å². The molecule has 398 valence electrons. The van der Waals surface area contributed by atoms with E-state index in [0.29, 0.717) is 42.8 Å². The minimum atomic E-state index is -1.40. The van der Waals surface area contributed by atoms with Gasteiger partial charge < -0.3 is 56.0 Å². The van der Waals surface area contributed by atoms with E-state index in [0.717, 1.165) is 5.39 Å². The number of methoxy groups -OCH3 is 2. The lowest BCUT2D eigenvalue weighted by atomic mass is 9.97. The molecule has 2 aromatic rings. The van der Waals surface area contributed by atoms with E-state index in [1.807, 2.05) is 46.8 Å². The number of carbonyl (C=O) groups is 8. The van der Waals surface area contributed by atoms with Gasteiger partial charge in [0.1, 0.15) is 42.0 Å². The minimum absolute atomic E-state index is 0.0276. The molecule has 0 radical (unpaired) electrons. The molecule has 0 bridgehead atoms. The molecule has 0 aliphatic carbocycles. The van der Waals surface area contributed by atoms with Crippen LogP contribution in [0.5, 0.6) is 11.6 Å². The number of aliphatic hydroxyl groups excluding tert-OH is 1. The van der Waals surface area contributed by atoms with Crippen LogP contribution in [0.1, 0.15) is 121 Å². The maximum Gasteiger partial charge on any atom is 0.328 e. The molecular weight excluding hydrogens is 919 g/mol. The number of pyridine rings is 1. The van der Waals surface area contributed by atoms with E-state index in [-0.39, 0.29) is 68.0 Å². The van der Waals surface area contributed by atoms with E-state index in [1.165, 1.54) is 21.1 Å². The third-order valence-corrected chi connectivity index (χ3v) is 11.7. The summed E-state index contributed by atoms with van der Waals surface area (Å²) in [5.74, 6) is -4.45. The summed E-state index contributed by atoms with van der Waals surface area (Å²) in [6, 6.07) is 2.73. The number of esters is 2. The maximum atomic E-state index is 13.5. The van der Waals surface area contributed by atoms with Crippen LogP contribution in [0, 0.1) is 29.6 Å². The summed E-state index contributed by atoms with van der Waals surface area (Å²) in [4.78, 5) is 109. The van der Waals surface area contributed by atoms with Gasteiger partial charge in [0.2, 0.25) is 41.3 Å². The maximum absolute atomic E-state index is 13.5. The zero-order chi connectivity index (χ0) is 53.5. The fraction of sp³-hybridized carbons (Fsp3) is 0.667. The number of hydrogen-bond donors (Lipinski definition) is 7. The lowest BCUT2D eigenvalue weighted by molar-refractivity contribution is -0.147. The zero-order valence-corrected chi connectivity index (χ0v) is 44.0. The van der Waals surface area contributed by atoms with Gasteiger partial charge in [-0.2, -0.15) is 0 Å². The van der Waals surface area contributed by atoms with Crippen LogP contribution in [0.25, 0.3) is 10.9 Å². The second kappa shape index (κ2) is 30.6. The number of hydrogen-bond acceptors (Lipinski definition) is 14. The standard InChI is InChI=1S/C51H81N7O13/c1-14-32(10)44(48(64)58-45(33(11)59)49(65)54-38(26-29(4)5)50(66)68-12)56-40(61)17-15-23-70-35-21-19-34-20-22-41(52-36(34)27-35)71-24-16-18-39(60)55-42(30(6)7)47(63)53-37(25-28(2)3)46(62)57-43(31(8)9)51(67)69-13/h19-22,27-33,37-38,42-45,59H,14-18,23-26H2,1-13H3,(H,53,63)(H,54,65)(H,55,60)(H,56,61)(H,57,62)(H,58,64)/t32-,33+,37-,38-,42-,43-,44-,45-/m0/s1. The van der Waals surface area contributed by atoms with Gasteiger partial charge in [-0.15, -0.1) is 0 Å². The minimum Gasteiger partial charge on any atom is -0.494 e. The van der Waals surface area contributed by atoms with E-state index in [4.69, 9.17) is 18.9 Å². The predicted molar refractivity (Wildman–Crippen MR) is 267 cm³/mol. The highest BCUT2D eigenvalue weighted by molar-refractivity contribution is 5.95.